The number of carboxylic acid groups (broad SMARTS) is 1. The lowest BCUT2D eigenvalue weighted by Crippen LogP contribution is -2.05. The molecule has 4 nitrogen and oxygen atoms in total. The number of aromatic carboxylic acids is 1. The lowest BCUT2D eigenvalue weighted by atomic mass is 10.1. The summed E-state index contributed by atoms with van der Waals surface area (Å²) < 4.78 is 13.4. The van der Waals surface area contributed by atoms with E-state index in [-0.39, 0.29) is 17.1 Å². The number of carbonyl (C=O) groups is 1. The number of benzene rings is 2. The minimum atomic E-state index is -1.10. The average molecular weight is 325 g/mol. The van der Waals surface area contributed by atoms with Crippen molar-refractivity contribution in [1.82, 2.24) is 0 Å². The Labute approximate surface area is 117 Å². The maximum absolute atomic E-state index is 13.1. The maximum atomic E-state index is 13.1. The van der Waals surface area contributed by atoms with Gasteiger partial charge in [0.25, 0.3) is 0 Å². The number of rotatable bonds is 3. The summed E-state index contributed by atoms with van der Waals surface area (Å²) in [7, 11) is 0. The molecule has 0 spiro atoms. The number of anilines is 3. The Morgan fingerprint density at radius 2 is 2.05 bits per heavy atom. The molecule has 0 amide bonds. The first-order chi connectivity index (χ1) is 8.99. The molecule has 0 aromatic heterocycles. The highest BCUT2D eigenvalue weighted by molar-refractivity contribution is 9.10. The van der Waals surface area contributed by atoms with Crippen LogP contribution in [-0.4, -0.2) is 11.1 Å². The van der Waals surface area contributed by atoms with Gasteiger partial charge in [0.1, 0.15) is 5.82 Å². The van der Waals surface area contributed by atoms with Crippen LogP contribution in [0.5, 0.6) is 0 Å². The fourth-order valence-electron chi connectivity index (χ4n) is 1.59. The molecule has 2 aromatic carbocycles. The van der Waals surface area contributed by atoms with Crippen molar-refractivity contribution in [2.75, 3.05) is 11.1 Å². The summed E-state index contributed by atoms with van der Waals surface area (Å²) in [5.41, 5.74) is 6.98. The number of nitrogen functional groups attached to an aromatic ring is 1. The van der Waals surface area contributed by atoms with Gasteiger partial charge in [0.2, 0.25) is 0 Å². The van der Waals surface area contributed by atoms with Gasteiger partial charge in [-0.2, -0.15) is 0 Å². The van der Waals surface area contributed by atoms with E-state index in [1.807, 2.05) is 0 Å². The minimum Gasteiger partial charge on any atom is -0.478 e. The molecule has 98 valence electrons. The highest BCUT2D eigenvalue weighted by atomic mass is 79.9. The zero-order valence-corrected chi connectivity index (χ0v) is 11.2. The van der Waals surface area contributed by atoms with Gasteiger partial charge < -0.3 is 16.2 Å². The quantitative estimate of drug-likeness (QED) is 0.754. The van der Waals surface area contributed by atoms with E-state index in [4.69, 9.17) is 10.8 Å². The van der Waals surface area contributed by atoms with E-state index >= 15 is 0 Å². The number of nitrogens with one attached hydrogen (secondary N) is 1. The number of hydrogen-bond acceptors (Lipinski definition) is 3. The highest BCUT2D eigenvalue weighted by Gasteiger charge is 2.11. The second-order valence-corrected chi connectivity index (χ2v) is 4.68. The Bertz CT molecular complexity index is 647. The molecule has 0 atom stereocenters. The first kappa shape index (κ1) is 13.4. The van der Waals surface area contributed by atoms with Crippen molar-refractivity contribution in [3.05, 3.63) is 52.3 Å². The van der Waals surface area contributed by atoms with Crippen LogP contribution in [0.3, 0.4) is 0 Å². The van der Waals surface area contributed by atoms with E-state index in [0.717, 1.165) is 0 Å². The zero-order chi connectivity index (χ0) is 14.0. The topological polar surface area (TPSA) is 75.3 Å². The van der Waals surface area contributed by atoms with E-state index < -0.39 is 5.97 Å². The molecule has 0 unspecified atom stereocenters. The van der Waals surface area contributed by atoms with Crippen LogP contribution < -0.4 is 11.1 Å². The van der Waals surface area contributed by atoms with Crippen molar-refractivity contribution in [1.29, 1.82) is 0 Å². The Morgan fingerprint density at radius 3 is 2.68 bits per heavy atom. The first-order valence-corrected chi connectivity index (χ1v) is 6.12. The monoisotopic (exact) mass is 324 g/mol. The minimum absolute atomic E-state index is 0.0196. The third-order valence-electron chi connectivity index (χ3n) is 2.54. The predicted octanol–water partition coefficient (Wildman–Crippen LogP) is 3.61. The largest absolute Gasteiger partial charge is 0.478 e. The molecular formula is C13H10BrFN2O2. The van der Waals surface area contributed by atoms with Crippen molar-refractivity contribution in [2.45, 2.75) is 0 Å². The van der Waals surface area contributed by atoms with Crippen LogP contribution >= 0.6 is 15.9 Å². The molecule has 2 rings (SSSR count). The van der Waals surface area contributed by atoms with Gasteiger partial charge >= 0.3 is 5.97 Å². The van der Waals surface area contributed by atoms with Crippen molar-refractivity contribution < 1.29 is 14.3 Å². The van der Waals surface area contributed by atoms with Gasteiger partial charge in [-0.15, -0.1) is 0 Å². The van der Waals surface area contributed by atoms with Crippen LogP contribution in [0.2, 0.25) is 0 Å². The van der Waals surface area contributed by atoms with E-state index in [1.165, 1.54) is 18.2 Å². The summed E-state index contributed by atoms with van der Waals surface area (Å²) in [6.45, 7) is 0. The lowest BCUT2D eigenvalue weighted by Gasteiger charge is -2.11. The SMILES string of the molecule is Nc1c(Nc2ccc(F)c(Br)c2)cccc1C(=O)O. The molecule has 0 saturated carbocycles. The Balaban J connectivity index is 2.35. The molecule has 0 aliphatic rings. The second-order valence-electron chi connectivity index (χ2n) is 3.83. The molecule has 6 heteroatoms. The predicted molar refractivity (Wildman–Crippen MR) is 75.2 cm³/mol. The molecule has 0 fully saturated rings. The maximum Gasteiger partial charge on any atom is 0.337 e. The van der Waals surface area contributed by atoms with Gasteiger partial charge in [0.05, 0.1) is 21.4 Å². The van der Waals surface area contributed by atoms with Gasteiger partial charge in [-0.05, 0) is 46.3 Å². The fraction of sp³-hybridized carbons (Fsp3) is 0. The average Bonchev–Trinajstić information content (AvgIpc) is 2.36. The van der Waals surface area contributed by atoms with E-state index in [1.54, 1.807) is 18.2 Å². The van der Waals surface area contributed by atoms with E-state index in [9.17, 15) is 9.18 Å². The van der Waals surface area contributed by atoms with Crippen molar-refractivity contribution in [3.63, 3.8) is 0 Å². The van der Waals surface area contributed by atoms with Crippen LogP contribution in [0.4, 0.5) is 21.5 Å². The zero-order valence-electron chi connectivity index (χ0n) is 9.65. The number of halogens is 2. The normalized spacial score (nSPS) is 10.2. The first-order valence-electron chi connectivity index (χ1n) is 5.33. The lowest BCUT2D eigenvalue weighted by molar-refractivity contribution is 0.0698. The summed E-state index contributed by atoms with van der Waals surface area (Å²) in [5, 5.41) is 11.9. The van der Waals surface area contributed by atoms with Crippen LogP contribution in [0.15, 0.2) is 40.9 Å². The van der Waals surface area contributed by atoms with Crippen LogP contribution in [0, 0.1) is 5.82 Å². The molecule has 2 aromatic rings. The third-order valence-corrected chi connectivity index (χ3v) is 3.14. The Kier molecular flexibility index (Phi) is 3.71. The van der Waals surface area contributed by atoms with Crippen LogP contribution in [-0.2, 0) is 0 Å². The van der Waals surface area contributed by atoms with Crippen molar-refractivity contribution in [3.8, 4) is 0 Å². The molecule has 0 heterocycles. The summed E-state index contributed by atoms with van der Waals surface area (Å²) in [5.74, 6) is -1.47. The molecule has 4 N–H and O–H groups in total. The van der Waals surface area contributed by atoms with E-state index in [0.29, 0.717) is 15.8 Å². The molecule has 0 radical (unpaired) electrons. The van der Waals surface area contributed by atoms with Gasteiger partial charge in [-0.1, -0.05) is 6.07 Å². The summed E-state index contributed by atoms with van der Waals surface area (Å²) in [6, 6.07) is 9.03. The Morgan fingerprint density at radius 1 is 1.32 bits per heavy atom. The second kappa shape index (κ2) is 5.27. The number of carboxylic acids is 1. The smallest absolute Gasteiger partial charge is 0.337 e. The van der Waals surface area contributed by atoms with Crippen molar-refractivity contribution in [2.24, 2.45) is 0 Å². The van der Waals surface area contributed by atoms with Crippen LogP contribution in [0.25, 0.3) is 0 Å². The summed E-state index contributed by atoms with van der Waals surface area (Å²) in [6.07, 6.45) is 0. The van der Waals surface area contributed by atoms with E-state index in [2.05, 4.69) is 21.2 Å². The number of para-hydroxylation sites is 1. The van der Waals surface area contributed by atoms with Gasteiger partial charge in [0, 0.05) is 5.69 Å². The standard InChI is InChI=1S/C13H10BrFN2O2/c14-9-6-7(4-5-10(9)15)17-11-3-1-2-8(12(11)16)13(18)19/h1-6,17H,16H2,(H,18,19). The number of nitrogens with two attached hydrogens (primary N) is 1. The third kappa shape index (κ3) is 2.85. The molecule has 0 bridgehead atoms. The molecule has 0 aliphatic heterocycles. The highest BCUT2D eigenvalue weighted by Crippen LogP contribution is 2.28. The van der Waals surface area contributed by atoms with Gasteiger partial charge in [-0.3, -0.25) is 0 Å². The Hall–Kier alpha value is -2.08. The number of hydrogen-bond donors (Lipinski definition) is 3. The summed E-state index contributed by atoms with van der Waals surface area (Å²) in [4.78, 5) is 11.0. The molecule has 0 aliphatic carbocycles. The summed E-state index contributed by atoms with van der Waals surface area (Å²) >= 11 is 3.08. The molecular weight excluding hydrogens is 315 g/mol. The van der Waals surface area contributed by atoms with Crippen LogP contribution in [0.1, 0.15) is 10.4 Å². The van der Waals surface area contributed by atoms with Gasteiger partial charge in [-0.25, -0.2) is 9.18 Å². The van der Waals surface area contributed by atoms with Gasteiger partial charge in [0.15, 0.2) is 0 Å². The fourth-order valence-corrected chi connectivity index (χ4v) is 1.97. The molecule has 0 saturated heterocycles. The molecule has 19 heavy (non-hydrogen) atoms. The van der Waals surface area contributed by atoms with Crippen molar-refractivity contribution >= 4 is 39.0 Å².